The van der Waals surface area contributed by atoms with Crippen molar-refractivity contribution in [3.63, 3.8) is 0 Å². The van der Waals surface area contributed by atoms with E-state index >= 15 is 0 Å². The van der Waals surface area contributed by atoms with Crippen LogP contribution in [0, 0.1) is 6.92 Å². The summed E-state index contributed by atoms with van der Waals surface area (Å²) in [4.78, 5) is 26.4. The molecular weight excluding hydrogens is 398 g/mol. The van der Waals surface area contributed by atoms with Crippen molar-refractivity contribution in [1.82, 2.24) is 10.6 Å². The molecule has 3 rings (SSSR count). The van der Waals surface area contributed by atoms with Crippen molar-refractivity contribution in [3.05, 3.63) is 107 Å². The molecule has 0 fully saturated rings. The highest BCUT2D eigenvalue weighted by atomic mass is 16.2. The number of benzene rings is 3. The van der Waals surface area contributed by atoms with Gasteiger partial charge in [0.1, 0.15) is 6.04 Å². The van der Waals surface area contributed by atoms with E-state index in [1.54, 1.807) is 0 Å². The predicted molar refractivity (Wildman–Crippen MR) is 128 cm³/mol. The molecule has 5 heteroatoms. The van der Waals surface area contributed by atoms with E-state index in [4.69, 9.17) is 5.73 Å². The fraction of sp³-hybridized carbons (Fsp3) is 0.259. The van der Waals surface area contributed by atoms with E-state index in [1.165, 1.54) is 5.56 Å². The van der Waals surface area contributed by atoms with Crippen molar-refractivity contribution in [2.45, 2.75) is 38.3 Å². The van der Waals surface area contributed by atoms with E-state index in [0.717, 1.165) is 16.7 Å². The second-order valence-corrected chi connectivity index (χ2v) is 7.95. The van der Waals surface area contributed by atoms with Gasteiger partial charge in [0.25, 0.3) is 0 Å². The highest BCUT2D eigenvalue weighted by Crippen LogP contribution is 2.25. The summed E-state index contributed by atoms with van der Waals surface area (Å²) >= 11 is 0. The zero-order valence-electron chi connectivity index (χ0n) is 18.5. The third-order valence-corrected chi connectivity index (χ3v) is 5.45. The molecule has 0 heterocycles. The second kappa shape index (κ2) is 11.8. The lowest BCUT2D eigenvalue weighted by atomic mass is 9.90. The molecule has 4 N–H and O–H groups in total. The van der Waals surface area contributed by atoms with Crippen molar-refractivity contribution in [2.75, 3.05) is 6.54 Å². The number of nitrogens with two attached hydrogens (primary N) is 1. The molecule has 0 aliphatic heterocycles. The number of aryl methyl sites for hydroxylation is 1. The van der Waals surface area contributed by atoms with Gasteiger partial charge in [0.2, 0.25) is 11.8 Å². The molecule has 0 bridgehead atoms. The summed E-state index contributed by atoms with van der Waals surface area (Å²) < 4.78 is 0. The zero-order chi connectivity index (χ0) is 22.8. The first-order chi connectivity index (χ1) is 15.6. The third-order valence-electron chi connectivity index (χ3n) is 5.45. The van der Waals surface area contributed by atoms with Gasteiger partial charge in [0.05, 0.1) is 5.92 Å². The Hall–Kier alpha value is -3.44. The molecule has 0 spiro atoms. The Morgan fingerprint density at radius 3 is 1.91 bits per heavy atom. The van der Waals surface area contributed by atoms with Crippen LogP contribution < -0.4 is 16.4 Å². The topological polar surface area (TPSA) is 84.2 Å². The fourth-order valence-electron chi connectivity index (χ4n) is 3.65. The summed E-state index contributed by atoms with van der Waals surface area (Å²) in [5, 5.41) is 5.94. The first-order valence-electron chi connectivity index (χ1n) is 11.0. The molecule has 0 aliphatic rings. The van der Waals surface area contributed by atoms with Crippen LogP contribution >= 0.6 is 0 Å². The Morgan fingerprint density at radius 2 is 1.38 bits per heavy atom. The van der Waals surface area contributed by atoms with Crippen LogP contribution in [0.2, 0.25) is 0 Å². The lowest BCUT2D eigenvalue weighted by molar-refractivity contribution is -0.129. The maximum Gasteiger partial charge on any atom is 0.242 e. The summed E-state index contributed by atoms with van der Waals surface area (Å²) in [6, 6.07) is 26.6. The number of hydrogen-bond donors (Lipinski definition) is 3. The average Bonchev–Trinajstić information content (AvgIpc) is 2.82. The Kier molecular flexibility index (Phi) is 8.58. The van der Waals surface area contributed by atoms with Gasteiger partial charge >= 0.3 is 0 Å². The molecule has 0 aromatic heterocycles. The Balaban J connectivity index is 1.75. The van der Waals surface area contributed by atoms with Crippen LogP contribution in [0.5, 0.6) is 0 Å². The van der Waals surface area contributed by atoms with Crippen molar-refractivity contribution in [1.29, 1.82) is 0 Å². The lowest BCUT2D eigenvalue weighted by Crippen LogP contribution is -2.48. The Bertz CT molecular complexity index is 949. The highest BCUT2D eigenvalue weighted by molar-refractivity contribution is 5.92. The van der Waals surface area contributed by atoms with Crippen LogP contribution in [0.3, 0.4) is 0 Å². The molecule has 3 aromatic carbocycles. The second-order valence-electron chi connectivity index (χ2n) is 7.95. The van der Waals surface area contributed by atoms with Crippen LogP contribution in [-0.2, 0) is 16.1 Å². The minimum atomic E-state index is -0.647. The Labute approximate surface area is 190 Å². The minimum Gasteiger partial charge on any atom is -0.350 e. The molecule has 0 aliphatic carbocycles. The van der Waals surface area contributed by atoms with Crippen molar-refractivity contribution in [3.8, 4) is 0 Å². The average molecular weight is 430 g/mol. The molecule has 0 radical (unpaired) electrons. The molecule has 3 aromatic rings. The summed E-state index contributed by atoms with van der Waals surface area (Å²) in [5.41, 5.74) is 9.63. The van der Waals surface area contributed by atoms with Crippen molar-refractivity contribution < 1.29 is 9.59 Å². The molecule has 2 amide bonds. The van der Waals surface area contributed by atoms with Crippen LogP contribution in [-0.4, -0.2) is 24.4 Å². The van der Waals surface area contributed by atoms with E-state index in [9.17, 15) is 9.59 Å². The summed E-state index contributed by atoms with van der Waals surface area (Å²) in [6.45, 7) is 2.89. The minimum absolute atomic E-state index is 0.199. The number of hydrogen-bond acceptors (Lipinski definition) is 3. The van der Waals surface area contributed by atoms with Crippen LogP contribution in [0.25, 0.3) is 0 Å². The molecule has 5 nitrogen and oxygen atoms in total. The third kappa shape index (κ3) is 6.53. The van der Waals surface area contributed by atoms with Crippen LogP contribution in [0.1, 0.15) is 41.0 Å². The van der Waals surface area contributed by atoms with E-state index < -0.39 is 12.0 Å². The van der Waals surface area contributed by atoms with E-state index in [2.05, 4.69) is 10.6 Å². The molecule has 0 saturated carbocycles. The summed E-state index contributed by atoms with van der Waals surface area (Å²) in [5.74, 6) is -0.898. The Morgan fingerprint density at radius 1 is 0.812 bits per heavy atom. The largest absolute Gasteiger partial charge is 0.350 e. The number of amides is 2. The molecule has 1 atom stereocenters. The van der Waals surface area contributed by atoms with Crippen molar-refractivity contribution in [2.24, 2.45) is 5.73 Å². The van der Waals surface area contributed by atoms with Crippen molar-refractivity contribution >= 4 is 11.8 Å². The zero-order valence-corrected chi connectivity index (χ0v) is 18.5. The lowest BCUT2D eigenvalue weighted by Gasteiger charge is -2.23. The molecule has 0 saturated heterocycles. The molecule has 166 valence electrons. The van der Waals surface area contributed by atoms with Gasteiger partial charge in [-0.2, -0.15) is 0 Å². The van der Waals surface area contributed by atoms with Gasteiger partial charge in [-0.25, -0.2) is 0 Å². The van der Waals surface area contributed by atoms with E-state index in [0.29, 0.717) is 25.9 Å². The van der Waals surface area contributed by atoms with Gasteiger partial charge in [-0.05, 0) is 43.0 Å². The first-order valence-corrected chi connectivity index (χ1v) is 11.0. The van der Waals surface area contributed by atoms with Crippen LogP contribution in [0.15, 0.2) is 84.9 Å². The highest BCUT2D eigenvalue weighted by Gasteiger charge is 2.27. The number of carbonyl (C=O) groups excluding carboxylic acids is 2. The summed E-state index contributed by atoms with van der Waals surface area (Å²) in [6.07, 6.45) is 1.13. The maximum atomic E-state index is 13.4. The number of carbonyl (C=O) groups is 2. The normalized spacial score (nSPS) is 11.7. The molecular formula is C27H31N3O2. The predicted octanol–water partition coefficient (Wildman–Crippen LogP) is 3.67. The van der Waals surface area contributed by atoms with E-state index in [1.807, 2.05) is 91.9 Å². The monoisotopic (exact) mass is 429 g/mol. The molecule has 32 heavy (non-hydrogen) atoms. The van der Waals surface area contributed by atoms with Gasteiger partial charge in [0, 0.05) is 6.54 Å². The van der Waals surface area contributed by atoms with Crippen LogP contribution in [0.4, 0.5) is 0 Å². The van der Waals surface area contributed by atoms with Gasteiger partial charge in [0.15, 0.2) is 0 Å². The van der Waals surface area contributed by atoms with E-state index in [-0.39, 0.29) is 11.8 Å². The van der Waals surface area contributed by atoms with Gasteiger partial charge in [-0.3, -0.25) is 9.59 Å². The van der Waals surface area contributed by atoms with Gasteiger partial charge in [-0.15, -0.1) is 0 Å². The number of nitrogens with one attached hydrogen (secondary N) is 2. The SMILES string of the molecule is Cc1ccc(CNC(=O)[C@@H](CCCN)NC(=O)C(c2ccccc2)c2ccccc2)cc1. The fourth-order valence-corrected chi connectivity index (χ4v) is 3.65. The van der Waals surface area contributed by atoms with Gasteiger partial charge in [-0.1, -0.05) is 90.5 Å². The standard InChI is InChI=1S/C27H31N3O2/c1-20-14-16-21(17-15-20)19-29-26(31)24(13-8-18-28)30-27(32)25(22-9-4-2-5-10-22)23-11-6-3-7-12-23/h2-7,9-12,14-17,24-25H,8,13,18-19,28H2,1H3,(H,29,31)(H,30,32)/t24-/m1/s1. The quantitative estimate of drug-likeness (QED) is 0.460. The smallest absolute Gasteiger partial charge is 0.242 e. The summed E-state index contributed by atoms with van der Waals surface area (Å²) in [7, 11) is 0. The molecule has 0 unspecified atom stereocenters. The maximum absolute atomic E-state index is 13.4. The first kappa shape index (κ1) is 23.2. The van der Waals surface area contributed by atoms with Gasteiger partial charge < -0.3 is 16.4 Å². The number of rotatable bonds is 10.